The lowest BCUT2D eigenvalue weighted by molar-refractivity contribution is -0.918. The number of ketones is 1. The average molecular weight is 372 g/mol. The van der Waals surface area contributed by atoms with Crippen LogP contribution in [0.15, 0.2) is 41.8 Å². The zero-order chi connectivity index (χ0) is 18.2. The van der Waals surface area contributed by atoms with Crippen molar-refractivity contribution in [1.29, 1.82) is 0 Å². The van der Waals surface area contributed by atoms with E-state index in [2.05, 4.69) is 23.5 Å². The monoisotopic (exact) mass is 371 g/mol. The third kappa shape index (κ3) is 5.51. The summed E-state index contributed by atoms with van der Waals surface area (Å²) in [4.78, 5) is 26.5. The van der Waals surface area contributed by atoms with Crippen molar-refractivity contribution in [2.75, 3.05) is 13.1 Å². The molecule has 0 bridgehead atoms. The van der Waals surface area contributed by atoms with Gasteiger partial charge in [-0.05, 0) is 36.3 Å². The third-order valence-corrected chi connectivity index (χ3v) is 5.88. The van der Waals surface area contributed by atoms with E-state index in [1.54, 1.807) is 4.90 Å². The molecule has 2 aromatic rings. The molecule has 26 heavy (non-hydrogen) atoms. The SMILES string of the molecule is O=C(CCC(=O)c1cccs1)NCc1ccccc1C[NH+]1CCCCC1. The smallest absolute Gasteiger partial charge is 0.220 e. The minimum Gasteiger partial charge on any atom is -0.352 e. The Morgan fingerprint density at radius 1 is 0.962 bits per heavy atom. The quantitative estimate of drug-likeness (QED) is 0.701. The van der Waals surface area contributed by atoms with E-state index in [4.69, 9.17) is 0 Å². The lowest BCUT2D eigenvalue weighted by atomic mass is 10.0. The first-order valence-electron chi connectivity index (χ1n) is 9.46. The summed E-state index contributed by atoms with van der Waals surface area (Å²) in [5, 5.41) is 4.86. The van der Waals surface area contributed by atoms with Gasteiger partial charge < -0.3 is 10.2 Å². The Hall–Kier alpha value is -1.98. The number of quaternary nitrogens is 1. The number of piperidine rings is 1. The minimum absolute atomic E-state index is 0.0456. The fraction of sp³-hybridized carbons (Fsp3) is 0.429. The molecule has 0 radical (unpaired) electrons. The molecule has 1 aliphatic rings. The minimum atomic E-state index is -0.0602. The summed E-state index contributed by atoms with van der Waals surface area (Å²) in [6, 6.07) is 12.0. The molecule has 1 aliphatic heterocycles. The van der Waals surface area contributed by atoms with Crippen LogP contribution < -0.4 is 10.2 Å². The van der Waals surface area contributed by atoms with Crippen LogP contribution in [0.2, 0.25) is 0 Å². The van der Waals surface area contributed by atoms with Crippen molar-refractivity contribution in [3.63, 3.8) is 0 Å². The standard InChI is InChI=1S/C21H26N2O2S/c24-19(20-9-6-14-26-20)10-11-21(25)22-15-17-7-2-3-8-18(17)16-23-12-4-1-5-13-23/h2-3,6-9,14H,1,4-5,10-13,15-16H2,(H,22,25)/p+1. The van der Waals surface area contributed by atoms with Gasteiger partial charge in [-0.2, -0.15) is 0 Å². The number of carbonyl (C=O) groups is 2. The highest BCUT2D eigenvalue weighted by atomic mass is 32.1. The fourth-order valence-electron chi connectivity index (χ4n) is 3.47. The van der Waals surface area contributed by atoms with Crippen LogP contribution in [0.4, 0.5) is 0 Å². The number of nitrogens with one attached hydrogen (secondary N) is 2. The Morgan fingerprint density at radius 3 is 2.46 bits per heavy atom. The maximum atomic E-state index is 12.1. The Bertz CT molecular complexity index is 721. The number of hydrogen-bond donors (Lipinski definition) is 2. The molecule has 2 heterocycles. The van der Waals surface area contributed by atoms with Gasteiger partial charge in [0.25, 0.3) is 0 Å². The Morgan fingerprint density at radius 2 is 1.73 bits per heavy atom. The van der Waals surface area contributed by atoms with Crippen molar-refractivity contribution in [2.24, 2.45) is 0 Å². The molecule has 0 atom stereocenters. The number of amides is 1. The van der Waals surface area contributed by atoms with Crippen LogP contribution in [-0.4, -0.2) is 24.8 Å². The molecule has 4 nitrogen and oxygen atoms in total. The molecular formula is C21H27N2O2S+. The van der Waals surface area contributed by atoms with Crippen LogP contribution >= 0.6 is 11.3 Å². The summed E-state index contributed by atoms with van der Waals surface area (Å²) in [7, 11) is 0. The highest BCUT2D eigenvalue weighted by Gasteiger charge is 2.16. The van der Waals surface area contributed by atoms with E-state index in [1.165, 1.54) is 54.8 Å². The molecule has 2 N–H and O–H groups in total. The van der Waals surface area contributed by atoms with Gasteiger partial charge in [-0.25, -0.2) is 0 Å². The second-order valence-electron chi connectivity index (χ2n) is 6.93. The molecule has 1 amide bonds. The van der Waals surface area contributed by atoms with Crippen LogP contribution in [0.3, 0.4) is 0 Å². The first-order chi connectivity index (χ1) is 12.7. The van der Waals surface area contributed by atoms with Crippen molar-refractivity contribution in [2.45, 2.75) is 45.2 Å². The van der Waals surface area contributed by atoms with Gasteiger partial charge in [0.05, 0.1) is 18.0 Å². The summed E-state index contributed by atoms with van der Waals surface area (Å²) < 4.78 is 0. The molecule has 0 aliphatic carbocycles. The number of thiophene rings is 1. The summed E-state index contributed by atoms with van der Waals surface area (Å²) in [6.45, 7) is 4.05. The second-order valence-corrected chi connectivity index (χ2v) is 7.88. The van der Waals surface area contributed by atoms with Gasteiger partial charge >= 0.3 is 0 Å². The average Bonchev–Trinajstić information content (AvgIpc) is 3.21. The summed E-state index contributed by atoms with van der Waals surface area (Å²) >= 11 is 1.43. The van der Waals surface area contributed by atoms with Crippen LogP contribution in [0.1, 0.15) is 52.9 Å². The molecule has 1 saturated heterocycles. The number of carbonyl (C=O) groups excluding carboxylic acids is 2. The van der Waals surface area contributed by atoms with Crippen molar-refractivity contribution in [1.82, 2.24) is 5.32 Å². The van der Waals surface area contributed by atoms with Gasteiger partial charge in [0, 0.05) is 24.9 Å². The third-order valence-electron chi connectivity index (χ3n) is 4.97. The number of rotatable bonds is 8. The van der Waals surface area contributed by atoms with Crippen molar-refractivity contribution >= 4 is 23.0 Å². The van der Waals surface area contributed by atoms with E-state index in [0.29, 0.717) is 6.54 Å². The number of hydrogen-bond acceptors (Lipinski definition) is 3. The van der Waals surface area contributed by atoms with E-state index in [-0.39, 0.29) is 24.5 Å². The fourth-order valence-corrected chi connectivity index (χ4v) is 4.16. The van der Waals surface area contributed by atoms with Gasteiger partial charge in [-0.3, -0.25) is 9.59 Å². The van der Waals surface area contributed by atoms with E-state index < -0.39 is 0 Å². The van der Waals surface area contributed by atoms with Crippen LogP contribution in [0.25, 0.3) is 0 Å². The number of Topliss-reactive ketones (excluding diaryl/α,β-unsaturated/α-hetero) is 1. The highest BCUT2D eigenvalue weighted by Crippen LogP contribution is 2.12. The van der Waals surface area contributed by atoms with Crippen molar-refractivity contribution < 1.29 is 14.5 Å². The van der Waals surface area contributed by atoms with Crippen molar-refractivity contribution in [3.05, 3.63) is 57.8 Å². The first kappa shape index (κ1) is 18.8. The van der Waals surface area contributed by atoms with Gasteiger partial charge in [0.15, 0.2) is 5.78 Å². The molecule has 1 aromatic heterocycles. The van der Waals surface area contributed by atoms with Crippen molar-refractivity contribution in [3.8, 4) is 0 Å². The van der Waals surface area contributed by atoms with Gasteiger partial charge in [-0.1, -0.05) is 30.3 Å². The van der Waals surface area contributed by atoms with Gasteiger partial charge in [0.2, 0.25) is 5.91 Å². The van der Waals surface area contributed by atoms with Crippen LogP contribution in [-0.2, 0) is 17.9 Å². The summed E-state index contributed by atoms with van der Waals surface area (Å²) in [5.74, 6) is -0.0146. The normalized spacial score (nSPS) is 14.9. The lowest BCUT2D eigenvalue weighted by Crippen LogP contribution is -3.11. The molecule has 138 valence electrons. The molecular weight excluding hydrogens is 344 g/mol. The zero-order valence-electron chi connectivity index (χ0n) is 15.1. The molecule has 0 unspecified atom stereocenters. The predicted molar refractivity (Wildman–Crippen MR) is 104 cm³/mol. The predicted octanol–water partition coefficient (Wildman–Crippen LogP) is 2.60. The molecule has 1 aromatic carbocycles. The van der Waals surface area contributed by atoms with E-state index in [9.17, 15) is 9.59 Å². The first-order valence-corrected chi connectivity index (χ1v) is 10.3. The number of benzene rings is 1. The van der Waals surface area contributed by atoms with E-state index >= 15 is 0 Å². The largest absolute Gasteiger partial charge is 0.352 e. The molecule has 1 fully saturated rings. The highest BCUT2D eigenvalue weighted by molar-refractivity contribution is 7.12. The summed E-state index contributed by atoms with van der Waals surface area (Å²) in [6.07, 6.45) is 4.49. The van der Waals surface area contributed by atoms with Crippen LogP contribution in [0.5, 0.6) is 0 Å². The molecule has 5 heteroatoms. The zero-order valence-corrected chi connectivity index (χ0v) is 15.9. The molecule has 0 saturated carbocycles. The van der Waals surface area contributed by atoms with Gasteiger partial charge in [-0.15, -0.1) is 11.3 Å². The van der Waals surface area contributed by atoms with Gasteiger partial charge in [0.1, 0.15) is 6.54 Å². The van der Waals surface area contributed by atoms with E-state index in [1.807, 2.05) is 23.6 Å². The Balaban J connectivity index is 1.47. The maximum absolute atomic E-state index is 12.1. The topological polar surface area (TPSA) is 50.6 Å². The molecule has 0 spiro atoms. The number of likely N-dealkylation sites (tertiary alicyclic amines) is 1. The summed E-state index contributed by atoms with van der Waals surface area (Å²) in [5.41, 5.74) is 2.50. The maximum Gasteiger partial charge on any atom is 0.220 e. The Labute approximate surface area is 159 Å². The lowest BCUT2D eigenvalue weighted by Gasteiger charge is -2.24. The van der Waals surface area contributed by atoms with E-state index in [0.717, 1.165) is 11.4 Å². The second kappa shape index (κ2) is 9.64. The Kier molecular flexibility index (Phi) is 6.97. The van der Waals surface area contributed by atoms with Crippen LogP contribution in [0, 0.1) is 0 Å². The molecule has 3 rings (SSSR count).